The van der Waals surface area contributed by atoms with Crippen LogP contribution in [0, 0.1) is 0 Å². The number of alkyl halides is 3. The Bertz CT molecular complexity index is 269. The summed E-state index contributed by atoms with van der Waals surface area (Å²) >= 11 is 0. The van der Waals surface area contributed by atoms with Crippen LogP contribution in [0.5, 0.6) is 0 Å². The van der Waals surface area contributed by atoms with E-state index in [4.69, 9.17) is 0 Å². The number of carbonyl (C=O) groups excluding carboxylic acids is 1. The van der Waals surface area contributed by atoms with Gasteiger partial charge < -0.3 is 10.6 Å². The third-order valence-electron chi connectivity index (χ3n) is 2.84. The highest BCUT2D eigenvalue weighted by molar-refractivity contribution is 5.86. The highest BCUT2D eigenvalue weighted by Crippen LogP contribution is 2.49. The smallest absolute Gasteiger partial charge is 0.340 e. The minimum absolute atomic E-state index is 0.0258. The van der Waals surface area contributed by atoms with E-state index < -0.39 is 23.2 Å². The van der Waals surface area contributed by atoms with Crippen LogP contribution in [-0.4, -0.2) is 30.2 Å². The van der Waals surface area contributed by atoms with Crippen LogP contribution in [0.1, 0.15) is 26.7 Å². The van der Waals surface area contributed by atoms with Crippen LogP contribution in [0.2, 0.25) is 0 Å². The molecule has 0 unspecified atom stereocenters. The van der Waals surface area contributed by atoms with E-state index in [-0.39, 0.29) is 12.8 Å². The van der Waals surface area contributed by atoms with Crippen molar-refractivity contribution in [3.63, 3.8) is 0 Å². The third-order valence-corrected chi connectivity index (χ3v) is 2.84. The quantitative estimate of drug-likeness (QED) is 0.756. The maximum atomic E-state index is 12.5. The van der Waals surface area contributed by atoms with Crippen molar-refractivity contribution >= 4 is 5.91 Å². The molecule has 0 aromatic carbocycles. The zero-order valence-corrected chi connectivity index (χ0v) is 8.96. The van der Waals surface area contributed by atoms with E-state index in [1.165, 1.54) is 20.9 Å². The monoisotopic (exact) mass is 224 g/mol. The second kappa shape index (κ2) is 3.37. The molecule has 1 saturated carbocycles. The average molecular weight is 224 g/mol. The van der Waals surface area contributed by atoms with E-state index in [2.05, 4.69) is 10.6 Å². The van der Waals surface area contributed by atoms with E-state index in [0.717, 1.165) is 0 Å². The molecule has 3 nitrogen and oxygen atoms in total. The SMILES string of the molecule is CNC(C)(C)C(=O)NC1(C(F)(F)F)CC1. The number of rotatable bonds is 3. The molecule has 0 atom stereocenters. The lowest BCUT2D eigenvalue weighted by Gasteiger charge is -2.28. The predicted octanol–water partition coefficient (Wildman–Crippen LogP) is 1.20. The highest BCUT2D eigenvalue weighted by Gasteiger charge is 2.64. The van der Waals surface area contributed by atoms with Gasteiger partial charge in [0.2, 0.25) is 5.91 Å². The lowest BCUT2D eigenvalue weighted by atomic mass is 10.0. The Morgan fingerprint density at radius 1 is 1.27 bits per heavy atom. The second-order valence-electron chi connectivity index (χ2n) is 4.41. The fourth-order valence-electron chi connectivity index (χ4n) is 1.09. The van der Waals surface area contributed by atoms with Crippen LogP contribution in [0.3, 0.4) is 0 Å². The summed E-state index contributed by atoms with van der Waals surface area (Å²) in [4.78, 5) is 11.5. The van der Waals surface area contributed by atoms with Gasteiger partial charge in [0.1, 0.15) is 5.54 Å². The Labute approximate surface area is 86.4 Å². The molecule has 2 N–H and O–H groups in total. The normalized spacial score (nSPS) is 19.9. The molecule has 0 saturated heterocycles. The first-order valence-electron chi connectivity index (χ1n) is 4.73. The largest absolute Gasteiger partial charge is 0.411 e. The molecule has 1 aliphatic carbocycles. The van der Waals surface area contributed by atoms with Crippen LogP contribution in [0.25, 0.3) is 0 Å². The summed E-state index contributed by atoms with van der Waals surface area (Å²) in [6, 6.07) is 0. The molecule has 0 aromatic rings. The number of hydrogen-bond donors (Lipinski definition) is 2. The van der Waals surface area contributed by atoms with E-state index in [0.29, 0.717) is 0 Å². The summed E-state index contributed by atoms with van der Waals surface area (Å²) in [7, 11) is 1.53. The van der Waals surface area contributed by atoms with Crippen molar-refractivity contribution in [2.24, 2.45) is 0 Å². The fourth-order valence-corrected chi connectivity index (χ4v) is 1.09. The molecule has 0 aromatic heterocycles. The zero-order chi connectivity index (χ0) is 11.9. The number of hydrogen-bond acceptors (Lipinski definition) is 2. The van der Waals surface area contributed by atoms with Gasteiger partial charge in [0, 0.05) is 0 Å². The number of likely N-dealkylation sites (N-methyl/N-ethyl adjacent to an activating group) is 1. The van der Waals surface area contributed by atoms with Gasteiger partial charge in [-0.25, -0.2) is 0 Å². The van der Waals surface area contributed by atoms with Crippen LogP contribution in [0.4, 0.5) is 13.2 Å². The summed E-state index contributed by atoms with van der Waals surface area (Å²) < 4.78 is 37.5. The Kier molecular flexibility index (Phi) is 2.76. The molecule has 1 amide bonds. The van der Waals surface area contributed by atoms with E-state index in [9.17, 15) is 18.0 Å². The van der Waals surface area contributed by atoms with Crippen molar-refractivity contribution in [3.05, 3.63) is 0 Å². The van der Waals surface area contributed by atoms with Crippen LogP contribution in [0.15, 0.2) is 0 Å². The second-order valence-corrected chi connectivity index (χ2v) is 4.41. The lowest BCUT2D eigenvalue weighted by molar-refractivity contribution is -0.171. The standard InChI is InChI=1S/C9H15F3N2O/c1-7(2,13-3)6(15)14-8(4-5-8)9(10,11)12/h13H,4-5H2,1-3H3,(H,14,15). The first-order valence-corrected chi connectivity index (χ1v) is 4.73. The Hall–Kier alpha value is -0.780. The van der Waals surface area contributed by atoms with Gasteiger partial charge in [-0.3, -0.25) is 4.79 Å². The maximum absolute atomic E-state index is 12.5. The number of carbonyl (C=O) groups is 1. The molecule has 0 aliphatic heterocycles. The molecule has 0 spiro atoms. The first kappa shape index (κ1) is 12.3. The summed E-state index contributed by atoms with van der Waals surface area (Å²) in [6.45, 7) is 3.07. The van der Waals surface area contributed by atoms with Gasteiger partial charge in [-0.1, -0.05) is 0 Å². The predicted molar refractivity (Wildman–Crippen MR) is 49.3 cm³/mol. The highest BCUT2D eigenvalue weighted by atomic mass is 19.4. The van der Waals surface area contributed by atoms with Gasteiger partial charge in [-0.2, -0.15) is 13.2 Å². The van der Waals surface area contributed by atoms with Crippen molar-refractivity contribution in [1.82, 2.24) is 10.6 Å². The maximum Gasteiger partial charge on any atom is 0.411 e. The van der Waals surface area contributed by atoms with Gasteiger partial charge in [0.25, 0.3) is 0 Å². The molecule has 15 heavy (non-hydrogen) atoms. The molecular weight excluding hydrogens is 209 g/mol. The Balaban J connectivity index is 2.68. The third kappa shape index (κ3) is 2.25. The summed E-state index contributed by atoms with van der Waals surface area (Å²) in [5, 5.41) is 4.74. The molecule has 0 radical (unpaired) electrons. The van der Waals surface area contributed by atoms with Gasteiger partial charge >= 0.3 is 6.18 Å². The summed E-state index contributed by atoms with van der Waals surface area (Å²) in [6.07, 6.45) is -4.41. The first-order chi connectivity index (χ1) is 6.65. The molecule has 1 aliphatic rings. The molecule has 1 rings (SSSR count). The van der Waals surface area contributed by atoms with Crippen LogP contribution in [-0.2, 0) is 4.79 Å². The molecule has 88 valence electrons. The van der Waals surface area contributed by atoms with Crippen molar-refractivity contribution < 1.29 is 18.0 Å². The van der Waals surface area contributed by atoms with Crippen molar-refractivity contribution in [2.45, 2.75) is 43.9 Å². The van der Waals surface area contributed by atoms with E-state index >= 15 is 0 Å². The lowest BCUT2D eigenvalue weighted by Crippen LogP contribution is -2.58. The molecule has 6 heteroatoms. The molecule has 0 heterocycles. The van der Waals surface area contributed by atoms with Crippen molar-refractivity contribution in [1.29, 1.82) is 0 Å². The molecule has 1 fully saturated rings. The van der Waals surface area contributed by atoms with Crippen LogP contribution < -0.4 is 10.6 Å². The molecule has 0 bridgehead atoms. The van der Waals surface area contributed by atoms with Gasteiger partial charge in [0.05, 0.1) is 5.54 Å². The average Bonchev–Trinajstić information content (AvgIpc) is 2.84. The minimum Gasteiger partial charge on any atom is -0.340 e. The summed E-state index contributed by atoms with van der Waals surface area (Å²) in [5.41, 5.74) is -2.96. The number of halogens is 3. The van der Waals surface area contributed by atoms with E-state index in [1.807, 2.05) is 0 Å². The van der Waals surface area contributed by atoms with E-state index in [1.54, 1.807) is 0 Å². The number of nitrogens with one attached hydrogen (secondary N) is 2. The minimum atomic E-state index is -4.35. The summed E-state index contributed by atoms with van der Waals surface area (Å²) in [5.74, 6) is -0.625. The fraction of sp³-hybridized carbons (Fsp3) is 0.889. The zero-order valence-electron chi connectivity index (χ0n) is 8.96. The van der Waals surface area contributed by atoms with Crippen LogP contribution >= 0.6 is 0 Å². The van der Waals surface area contributed by atoms with Crippen molar-refractivity contribution in [3.8, 4) is 0 Å². The van der Waals surface area contributed by atoms with Gasteiger partial charge in [-0.15, -0.1) is 0 Å². The number of amides is 1. The van der Waals surface area contributed by atoms with Crippen molar-refractivity contribution in [2.75, 3.05) is 7.05 Å². The molecular formula is C9H15F3N2O. The Morgan fingerprint density at radius 3 is 2.00 bits per heavy atom. The van der Waals surface area contributed by atoms with Gasteiger partial charge in [-0.05, 0) is 33.7 Å². The Morgan fingerprint density at radius 2 is 1.73 bits per heavy atom. The van der Waals surface area contributed by atoms with Gasteiger partial charge in [0.15, 0.2) is 0 Å². The topological polar surface area (TPSA) is 41.1 Å².